The Morgan fingerprint density at radius 3 is 2.37 bits per heavy atom. The van der Waals surface area contributed by atoms with Crippen LogP contribution in [0.15, 0.2) is 42.5 Å². The number of aliphatic hydroxyl groups is 2. The predicted molar refractivity (Wildman–Crippen MR) is 179 cm³/mol. The molecule has 0 spiro atoms. The van der Waals surface area contributed by atoms with Gasteiger partial charge in [0.1, 0.15) is 6.04 Å². The lowest BCUT2D eigenvalue weighted by Crippen LogP contribution is -2.62. The summed E-state index contributed by atoms with van der Waals surface area (Å²) in [6.07, 6.45) is 10.0. The lowest BCUT2D eigenvalue weighted by Gasteiger charge is -2.62. The van der Waals surface area contributed by atoms with Crippen LogP contribution in [0.2, 0.25) is 0 Å². The molecule has 2 aromatic carbocycles. The molecule has 248 valence electrons. The van der Waals surface area contributed by atoms with Crippen LogP contribution in [0.5, 0.6) is 0 Å². The molecule has 7 heteroatoms. The van der Waals surface area contributed by atoms with Crippen molar-refractivity contribution >= 4 is 22.6 Å². The molecule has 7 nitrogen and oxygen atoms in total. The normalized spacial score (nSPS) is 41.2. The van der Waals surface area contributed by atoms with Crippen LogP contribution < -0.4 is 0 Å². The molecular formula is C39H53N3O4. The highest BCUT2D eigenvalue weighted by molar-refractivity contribution is 6.01. The van der Waals surface area contributed by atoms with E-state index in [4.69, 9.17) is 0 Å². The van der Waals surface area contributed by atoms with Crippen molar-refractivity contribution in [3.63, 3.8) is 0 Å². The number of hydrogen-bond donors (Lipinski definition) is 2. The molecule has 2 N–H and O–H groups in total. The maximum absolute atomic E-state index is 13.9. The van der Waals surface area contributed by atoms with Gasteiger partial charge in [0.2, 0.25) is 5.91 Å². The number of carbonyl (C=O) groups is 2. The van der Waals surface area contributed by atoms with Crippen molar-refractivity contribution in [3.8, 4) is 0 Å². The molecule has 0 radical (unpaired) electrons. The molecule has 2 heterocycles. The van der Waals surface area contributed by atoms with Crippen molar-refractivity contribution in [3.05, 3.63) is 48.0 Å². The van der Waals surface area contributed by atoms with Gasteiger partial charge >= 0.3 is 0 Å². The maximum Gasteiger partial charge on any atom is 0.254 e. The predicted octanol–water partition coefficient (Wildman–Crippen LogP) is 5.33. The van der Waals surface area contributed by atoms with E-state index in [1.807, 2.05) is 46.2 Å². The molecule has 6 aliphatic rings. The lowest BCUT2D eigenvalue weighted by molar-refractivity contribution is -0.157. The Bertz CT molecular complexity index is 1490. The monoisotopic (exact) mass is 627 g/mol. The van der Waals surface area contributed by atoms with E-state index < -0.39 is 6.04 Å². The summed E-state index contributed by atoms with van der Waals surface area (Å²) in [6.45, 7) is 8.39. The Balaban J connectivity index is 0.922. The van der Waals surface area contributed by atoms with Crippen LogP contribution in [-0.2, 0) is 4.79 Å². The summed E-state index contributed by atoms with van der Waals surface area (Å²) in [5.41, 5.74) is 0.968. The molecule has 4 aliphatic carbocycles. The quantitative estimate of drug-likeness (QED) is 0.481. The minimum atomic E-state index is -0.393. The van der Waals surface area contributed by atoms with Crippen LogP contribution in [0.1, 0.15) is 88.4 Å². The molecule has 2 aromatic rings. The summed E-state index contributed by atoms with van der Waals surface area (Å²) in [5.74, 6) is 2.64. The minimum Gasteiger partial charge on any atom is -0.393 e. The number of aliphatic hydroxyl groups excluding tert-OH is 2. The van der Waals surface area contributed by atoms with Gasteiger partial charge < -0.3 is 20.0 Å². The van der Waals surface area contributed by atoms with Crippen molar-refractivity contribution in [1.82, 2.24) is 14.7 Å². The fraction of sp³-hybridized carbons (Fsp3) is 0.692. The van der Waals surface area contributed by atoms with Gasteiger partial charge in [0.25, 0.3) is 5.91 Å². The van der Waals surface area contributed by atoms with Crippen LogP contribution >= 0.6 is 0 Å². The van der Waals surface area contributed by atoms with E-state index in [9.17, 15) is 19.8 Å². The summed E-state index contributed by atoms with van der Waals surface area (Å²) in [5, 5.41) is 24.6. The molecule has 0 aromatic heterocycles. The number of piperazine rings is 1. The molecule has 10 atom stereocenters. The molecule has 0 unspecified atom stereocenters. The molecule has 6 fully saturated rings. The fourth-order valence-electron chi connectivity index (χ4n) is 11.9. The first-order chi connectivity index (χ1) is 22.2. The van der Waals surface area contributed by atoms with Crippen molar-refractivity contribution < 1.29 is 19.8 Å². The number of rotatable bonds is 3. The number of amides is 2. The average molecular weight is 628 g/mol. The zero-order chi connectivity index (χ0) is 31.8. The highest BCUT2D eigenvalue weighted by Gasteiger charge is 2.61. The highest BCUT2D eigenvalue weighted by atomic mass is 16.3. The number of nitrogens with zero attached hydrogens (tertiary/aromatic N) is 3. The third-order valence-electron chi connectivity index (χ3n) is 14.5. The number of hydrogen-bond acceptors (Lipinski definition) is 5. The van der Waals surface area contributed by atoms with Crippen LogP contribution in [0.3, 0.4) is 0 Å². The van der Waals surface area contributed by atoms with Gasteiger partial charge in [0, 0.05) is 44.3 Å². The second-order valence-corrected chi connectivity index (χ2v) is 16.4. The van der Waals surface area contributed by atoms with Gasteiger partial charge in [-0.1, -0.05) is 44.2 Å². The Kier molecular flexibility index (Phi) is 7.77. The average Bonchev–Trinajstić information content (AvgIpc) is 3.68. The van der Waals surface area contributed by atoms with E-state index in [1.54, 1.807) is 0 Å². The number of benzene rings is 2. The first-order valence-corrected chi connectivity index (χ1v) is 18.4. The van der Waals surface area contributed by atoms with Crippen LogP contribution in [0, 0.1) is 34.5 Å². The second-order valence-electron chi connectivity index (χ2n) is 16.4. The second kappa shape index (κ2) is 11.6. The zero-order valence-electron chi connectivity index (χ0n) is 27.8. The van der Waals surface area contributed by atoms with Crippen LogP contribution in [0.25, 0.3) is 10.8 Å². The molecular weight excluding hydrogens is 574 g/mol. The summed E-state index contributed by atoms with van der Waals surface area (Å²) in [7, 11) is 0. The Morgan fingerprint density at radius 1 is 0.804 bits per heavy atom. The molecule has 4 saturated carbocycles. The number of fused-ring (bicyclic) bond motifs is 6. The van der Waals surface area contributed by atoms with E-state index in [2.05, 4.69) is 24.8 Å². The van der Waals surface area contributed by atoms with Gasteiger partial charge in [-0.05, 0) is 122 Å². The molecule has 46 heavy (non-hydrogen) atoms. The topological polar surface area (TPSA) is 84.3 Å². The van der Waals surface area contributed by atoms with Crippen LogP contribution in [-0.4, -0.2) is 93.7 Å². The zero-order valence-corrected chi connectivity index (χ0v) is 27.8. The standard InChI is InChI=1S/C39H53N3O4/c1-38-16-15-31-29(30(38)13-14-35(38)44)12-11-28-23-34(43)33(24-39(28,31)2)40-18-20-41(21-19-40)37(46)32-8-5-17-42(32)36(45)27-10-9-25-6-3-4-7-26(25)22-27/h3-4,6-7,9-10,22,28-35,43-44H,5,8,11-21,23-24H2,1-2H3/t28-,29-,30-,31-,32-,33-,34-,35-,38-,39-/m0/s1. The SMILES string of the molecule is C[C@]12C[C@H](N3CCN(C(=O)[C@@H]4CCCN4C(=O)c4ccc5ccccc5c4)CC3)[C@@H](O)C[C@@H]1CC[C@@H]1[C@@H]2CC[C@]2(C)[C@@H](O)CC[C@@H]12. The number of likely N-dealkylation sites (tertiary alicyclic amines) is 1. The third-order valence-corrected chi connectivity index (χ3v) is 14.5. The van der Waals surface area contributed by atoms with Gasteiger partial charge in [0.05, 0.1) is 12.2 Å². The lowest BCUT2D eigenvalue weighted by atomic mass is 9.44. The molecule has 0 bridgehead atoms. The van der Waals surface area contributed by atoms with Crippen LogP contribution in [0.4, 0.5) is 0 Å². The summed E-state index contributed by atoms with van der Waals surface area (Å²) < 4.78 is 0. The van der Waals surface area contributed by atoms with E-state index in [0.29, 0.717) is 48.9 Å². The smallest absolute Gasteiger partial charge is 0.254 e. The van der Waals surface area contributed by atoms with Gasteiger partial charge in [-0.3, -0.25) is 14.5 Å². The summed E-state index contributed by atoms with van der Waals surface area (Å²) >= 11 is 0. The molecule has 2 aliphatic heterocycles. The summed E-state index contributed by atoms with van der Waals surface area (Å²) in [6, 6.07) is 13.7. The van der Waals surface area contributed by atoms with E-state index in [0.717, 1.165) is 62.4 Å². The third kappa shape index (κ3) is 4.85. The Morgan fingerprint density at radius 2 is 1.57 bits per heavy atom. The van der Waals surface area contributed by atoms with Crippen molar-refractivity contribution in [2.45, 2.75) is 102 Å². The highest BCUT2D eigenvalue weighted by Crippen LogP contribution is 2.66. The van der Waals surface area contributed by atoms with E-state index in [1.165, 1.54) is 25.7 Å². The van der Waals surface area contributed by atoms with Gasteiger partial charge in [-0.15, -0.1) is 0 Å². The van der Waals surface area contributed by atoms with Crippen molar-refractivity contribution in [2.24, 2.45) is 34.5 Å². The first-order valence-electron chi connectivity index (χ1n) is 18.4. The van der Waals surface area contributed by atoms with Gasteiger partial charge in [-0.2, -0.15) is 0 Å². The fourth-order valence-corrected chi connectivity index (χ4v) is 11.9. The summed E-state index contributed by atoms with van der Waals surface area (Å²) in [4.78, 5) is 33.8. The van der Waals surface area contributed by atoms with Crippen molar-refractivity contribution in [1.29, 1.82) is 0 Å². The maximum atomic E-state index is 13.9. The van der Waals surface area contributed by atoms with Gasteiger partial charge in [0.15, 0.2) is 0 Å². The van der Waals surface area contributed by atoms with Crippen molar-refractivity contribution in [2.75, 3.05) is 32.7 Å². The van der Waals surface area contributed by atoms with E-state index >= 15 is 0 Å². The van der Waals surface area contributed by atoms with Gasteiger partial charge in [-0.25, -0.2) is 0 Å². The molecule has 2 saturated heterocycles. The minimum absolute atomic E-state index is 0.0470. The molecule has 8 rings (SSSR count). The first kappa shape index (κ1) is 30.8. The Labute approximate surface area is 274 Å². The molecule has 2 amide bonds. The van der Waals surface area contributed by atoms with E-state index in [-0.39, 0.29) is 40.9 Å². The Hall–Kier alpha value is -2.48. The largest absolute Gasteiger partial charge is 0.393 e. The number of carbonyl (C=O) groups excluding carboxylic acids is 2.